The molecule has 0 saturated heterocycles. The molecule has 2 aromatic heterocycles. The highest BCUT2D eigenvalue weighted by atomic mass is 16.3. The van der Waals surface area contributed by atoms with Gasteiger partial charge in [0.05, 0.1) is 5.39 Å². The molecule has 0 unspecified atom stereocenters. The SMILES string of the molecule is c1ccc(-c2oc3ccc4c5ccccc5oc4c3c2-c2ccc(-c3c4ccccc4c(-c4ccccc4)c4ccccc34)cc2)cc1. The lowest BCUT2D eigenvalue weighted by molar-refractivity contribution is 0.631. The number of rotatable bonds is 4. The van der Waals surface area contributed by atoms with Crippen LogP contribution in [0.5, 0.6) is 0 Å². The van der Waals surface area contributed by atoms with E-state index in [0.717, 1.165) is 55.4 Å². The van der Waals surface area contributed by atoms with E-state index in [2.05, 4.69) is 152 Å². The number of hydrogen-bond acceptors (Lipinski definition) is 2. The molecule has 2 heteroatoms. The Morgan fingerprint density at radius 2 is 0.729 bits per heavy atom. The van der Waals surface area contributed by atoms with Gasteiger partial charge in [0.1, 0.15) is 22.5 Å². The zero-order valence-electron chi connectivity index (χ0n) is 26.0. The van der Waals surface area contributed by atoms with Crippen molar-refractivity contribution in [3.05, 3.63) is 170 Å². The minimum Gasteiger partial charge on any atom is -0.455 e. The van der Waals surface area contributed by atoms with E-state index in [1.807, 2.05) is 18.2 Å². The molecular weight excluding hydrogens is 585 g/mol. The maximum Gasteiger partial charge on any atom is 0.147 e. The smallest absolute Gasteiger partial charge is 0.147 e. The third kappa shape index (κ3) is 4.00. The van der Waals surface area contributed by atoms with E-state index < -0.39 is 0 Å². The lowest BCUT2D eigenvalue weighted by Crippen LogP contribution is -1.91. The third-order valence-corrected chi connectivity index (χ3v) is 9.69. The van der Waals surface area contributed by atoms with Crippen LogP contribution < -0.4 is 0 Å². The van der Waals surface area contributed by atoms with Gasteiger partial charge in [-0.2, -0.15) is 0 Å². The quantitative estimate of drug-likeness (QED) is 0.185. The fraction of sp³-hybridized carbons (Fsp3) is 0. The number of para-hydroxylation sites is 1. The normalized spacial score (nSPS) is 11.8. The highest BCUT2D eigenvalue weighted by Crippen LogP contribution is 2.47. The highest BCUT2D eigenvalue weighted by Gasteiger charge is 2.23. The van der Waals surface area contributed by atoms with Crippen molar-refractivity contribution < 1.29 is 8.83 Å². The topological polar surface area (TPSA) is 26.3 Å². The third-order valence-electron chi connectivity index (χ3n) is 9.69. The van der Waals surface area contributed by atoms with Crippen LogP contribution in [0.1, 0.15) is 0 Å². The predicted octanol–water partition coefficient (Wildman–Crippen LogP) is 13.3. The largest absolute Gasteiger partial charge is 0.455 e. The summed E-state index contributed by atoms with van der Waals surface area (Å²) in [5, 5.41) is 8.18. The van der Waals surface area contributed by atoms with Crippen LogP contribution in [0.4, 0.5) is 0 Å². The number of hydrogen-bond donors (Lipinski definition) is 0. The van der Waals surface area contributed by atoms with Crippen molar-refractivity contribution in [3.8, 4) is 44.7 Å². The first-order valence-electron chi connectivity index (χ1n) is 16.4. The van der Waals surface area contributed by atoms with Crippen LogP contribution in [0.15, 0.2) is 179 Å². The summed E-state index contributed by atoms with van der Waals surface area (Å²) in [6.07, 6.45) is 0. The van der Waals surface area contributed by atoms with Crippen LogP contribution in [0.2, 0.25) is 0 Å². The first kappa shape index (κ1) is 26.8. The summed E-state index contributed by atoms with van der Waals surface area (Å²) in [5.41, 5.74) is 10.6. The van der Waals surface area contributed by atoms with Gasteiger partial charge in [-0.05, 0) is 67.6 Å². The molecule has 48 heavy (non-hydrogen) atoms. The molecule has 0 spiro atoms. The lowest BCUT2D eigenvalue weighted by atomic mass is 9.85. The predicted molar refractivity (Wildman–Crippen MR) is 200 cm³/mol. The minimum absolute atomic E-state index is 0.813. The van der Waals surface area contributed by atoms with Gasteiger partial charge in [0.2, 0.25) is 0 Å². The van der Waals surface area contributed by atoms with Crippen LogP contribution in [0.25, 0.3) is 99.2 Å². The van der Waals surface area contributed by atoms with Gasteiger partial charge in [0.15, 0.2) is 0 Å². The molecule has 0 fully saturated rings. The van der Waals surface area contributed by atoms with Crippen molar-refractivity contribution in [1.29, 1.82) is 0 Å². The molecule has 0 bridgehead atoms. The van der Waals surface area contributed by atoms with E-state index in [-0.39, 0.29) is 0 Å². The van der Waals surface area contributed by atoms with E-state index in [9.17, 15) is 0 Å². The molecule has 2 nitrogen and oxygen atoms in total. The Morgan fingerprint density at radius 3 is 1.31 bits per heavy atom. The zero-order chi connectivity index (χ0) is 31.6. The molecule has 2 heterocycles. The van der Waals surface area contributed by atoms with Gasteiger partial charge >= 0.3 is 0 Å². The van der Waals surface area contributed by atoms with E-state index in [0.29, 0.717) is 0 Å². The Bertz CT molecular complexity index is 2750. The fourth-order valence-electron chi connectivity index (χ4n) is 7.59. The summed E-state index contributed by atoms with van der Waals surface area (Å²) in [6, 6.07) is 60.1. The van der Waals surface area contributed by atoms with Gasteiger partial charge in [-0.1, -0.05) is 152 Å². The number of furan rings is 2. The zero-order valence-corrected chi connectivity index (χ0v) is 26.0. The molecule has 8 aromatic carbocycles. The van der Waals surface area contributed by atoms with Gasteiger partial charge in [-0.25, -0.2) is 0 Å². The molecule has 0 aliphatic carbocycles. The summed E-state index contributed by atoms with van der Waals surface area (Å²) in [7, 11) is 0. The summed E-state index contributed by atoms with van der Waals surface area (Å²) in [5.74, 6) is 0.842. The molecular formula is C46H28O2. The van der Waals surface area contributed by atoms with Gasteiger partial charge in [-0.15, -0.1) is 0 Å². The molecule has 224 valence electrons. The molecule has 0 aliphatic rings. The van der Waals surface area contributed by atoms with Crippen molar-refractivity contribution >= 4 is 54.5 Å². The standard InChI is InChI=1S/C46H28O2/c1-3-13-29(14-4-1)41-34-18-7-9-20-36(34)42(37-21-10-8-19-35(37)41)30-23-25-31(26-24-30)43-44-40(48-45(43)32-15-5-2-6-16-32)28-27-38-33-17-11-12-22-39(33)47-46(38)44/h1-28H. The molecule has 0 atom stereocenters. The first-order chi connectivity index (χ1) is 23.8. The Kier molecular flexibility index (Phi) is 5.91. The molecule has 0 aliphatic heterocycles. The Morgan fingerprint density at radius 1 is 0.271 bits per heavy atom. The molecule has 10 aromatic rings. The van der Waals surface area contributed by atoms with Gasteiger partial charge in [0, 0.05) is 21.9 Å². The van der Waals surface area contributed by atoms with Crippen molar-refractivity contribution in [2.45, 2.75) is 0 Å². The van der Waals surface area contributed by atoms with Crippen LogP contribution >= 0.6 is 0 Å². The van der Waals surface area contributed by atoms with Crippen molar-refractivity contribution in [2.75, 3.05) is 0 Å². The second kappa shape index (κ2) is 10.6. The van der Waals surface area contributed by atoms with E-state index in [1.165, 1.54) is 43.8 Å². The monoisotopic (exact) mass is 612 g/mol. The van der Waals surface area contributed by atoms with Crippen LogP contribution in [-0.2, 0) is 0 Å². The molecule has 0 radical (unpaired) electrons. The molecule has 0 N–H and O–H groups in total. The average molecular weight is 613 g/mol. The summed E-state index contributed by atoms with van der Waals surface area (Å²) in [6.45, 7) is 0. The molecule has 0 saturated carbocycles. The molecule has 0 amide bonds. The second-order valence-corrected chi connectivity index (χ2v) is 12.4. The highest BCUT2D eigenvalue weighted by molar-refractivity contribution is 6.22. The van der Waals surface area contributed by atoms with Gasteiger partial charge in [-0.3, -0.25) is 0 Å². The number of fused-ring (bicyclic) bond motifs is 7. The van der Waals surface area contributed by atoms with Crippen LogP contribution in [0, 0.1) is 0 Å². The Balaban J connectivity index is 1.23. The van der Waals surface area contributed by atoms with Crippen molar-refractivity contribution in [2.24, 2.45) is 0 Å². The Hall–Kier alpha value is -6.38. The number of benzene rings is 8. The average Bonchev–Trinajstić information content (AvgIpc) is 3.74. The fourth-order valence-corrected chi connectivity index (χ4v) is 7.59. The van der Waals surface area contributed by atoms with Crippen molar-refractivity contribution in [3.63, 3.8) is 0 Å². The second-order valence-electron chi connectivity index (χ2n) is 12.4. The maximum absolute atomic E-state index is 6.67. The van der Waals surface area contributed by atoms with Gasteiger partial charge in [0.25, 0.3) is 0 Å². The van der Waals surface area contributed by atoms with Crippen LogP contribution in [-0.4, -0.2) is 0 Å². The maximum atomic E-state index is 6.67. The first-order valence-corrected chi connectivity index (χ1v) is 16.4. The Labute approximate surface area is 277 Å². The summed E-state index contributed by atoms with van der Waals surface area (Å²) < 4.78 is 13.2. The van der Waals surface area contributed by atoms with E-state index in [1.54, 1.807) is 0 Å². The van der Waals surface area contributed by atoms with Crippen molar-refractivity contribution in [1.82, 2.24) is 0 Å². The minimum atomic E-state index is 0.813. The summed E-state index contributed by atoms with van der Waals surface area (Å²) >= 11 is 0. The van der Waals surface area contributed by atoms with E-state index >= 15 is 0 Å². The lowest BCUT2D eigenvalue weighted by Gasteiger charge is -2.18. The van der Waals surface area contributed by atoms with Crippen LogP contribution in [0.3, 0.4) is 0 Å². The molecule has 10 rings (SSSR count). The van der Waals surface area contributed by atoms with E-state index in [4.69, 9.17) is 8.83 Å². The van der Waals surface area contributed by atoms with Gasteiger partial charge < -0.3 is 8.83 Å². The summed E-state index contributed by atoms with van der Waals surface area (Å²) in [4.78, 5) is 0.